The molecule has 1 N–H and O–H groups in total. The fourth-order valence-electron chi connectivity index (χ4n) is 3.39. The highest BCUT2D eigenvalue weighted by Gasteiger charge is 2.48. The molecular formula is C20H23N3O5S2. The maximum absolute atomic E-state index is 13.2. The summed E-state index contributed by atoms with van der Waals surface area (Å²) in [7, 11) is -3.93. The first-order valence-electron chi connectivity index (χ1n) is 9.48. The molecule has 0 spiro atoms. The van der Waals surface area contributed by atoms with E-state index in [1.807, 2.05) is 6.92 Å². The molecular weight excluding hydrogens is 426 g/mol. The molecule has 1 aliphatic rings. The van der Waals surface area contributed by atoms with Crippen molar-refractivity contribution >= 4 is 50.5 Å². The van der Waals surface area contributed by atoms with Crippen molar-refractivity contribution in [3.63, 3.8) is 0 Å². The van der Waals surface area contributed by atoms with Crippen LogP contribution in [0, 0.1) is 0 Å². The Morgan fingerprint density at radius 3 is 2.47 bits per heavy atom. The molecule has 1 aliphatic heterocycles. The molecule has 3 rings (SSSR count). The summed E-state index contributed by atoms with van der Waals surface area (Å²) < 4.78 is 27.8. The molecule has 8 nitrogen and oxygen atoms in total. The van der Waals surface area contributed by atoms with Crippen molar-refractivity contribution in [2.45, 2.75) is 49.9 Å². The van der Waals surface area contributed by atoms with Crippen molar-refractivity contribution in [3.8, 4) is 0 Å². The van der Waals surface area contributed by atoms with Crippen molar-refractivity contribution in [2.24, 2.45) is 0 Å². The zero-order valence-corrected chi connectivity index (χ0v) is 18.5. The molecule has 3 amide bonds. The molecule has 30 heavy (non-hydrogen) atoms. The molecule has 0 bridgehead atoms. The smallest absolute Gasteiger partial charge is 0.253 e. The van der Waals surface area contributed by atoms with Crippen LogP contribution in [0.25, 0.3) is 0 Å². The standard InChI is InChI=1S/C20H23N3O5S2/c1-4-13(2)23(30(27,28)19-6-5-11-29-19)17-12-18(25)22(20(17)26)16-9-7-15(8-10-16)21-14(3)24/h5-11,13,17H,4,12H2,1-3H3,(H,21,24). The Kier molecular flexibility index (Phi) is 6.39. The Morgan fingerprint density at radius 2 is 1.93 bits per heavy atom. The van der Waals surface area contributed by atoms with E-state index in [1.54, 1.807) is 42.6 Å². The van der Waals surface area contributed by atoms with Crippen molar-refractivity contribution in [2.75, 3.05) is 10.2 Å². The van der Waals surface area contributed by atoms with Crippen LogP contribution in [-0.4, -0.2) is 42.5 Å². The van der Waals surface area contributed by atoms with E-state index >= 15 is 0 Å². The van der Waals surface area contributed by atoms with Gasteiger partial charge in [0.05, 0.1) is 12.1 Å². The predicted octanol–water partition coefficient (Wildman–Crippen LogP) is 2.83. The number of benzene rings is 1. The van der Waals surface area contributed by atoms with E-state index in [2.05, 4.69) is 5.32 Å². The van der Waals surface area contributed by atoms with Gasteiger partial charge in [-0.3, -0.25) is 14.4 Å². The van der Waals surface area contributed by atoms with E-state index in [0.29, 0.717) is 17.8 Å². The SMILES string of the molecule is CCC(C)N(C1CC(=O)N(c2ccc(NC(C)=O)cc2)C1=O)S(=O)(=O)c1cccs1. The Balaban J connectivity index is 1.94. The first-order chi connectivity index (χ1) is 14.2. The molecule has 0 aliphatic carbocycles. The lowest BCUT2D eigenvalue weighted by molar-refractivity contribution is -0.122. The van der Waals surface area contributed by atoms with Crippen molar-refractivity contribution in [1.29, 1.82) is 0 Å². The van der Waals surface area contributed by atoms with Crippen LogP contribution < -0.4 is 10.2 Å². The van der Waals surface area contributed by atoms with Gasteiger partial charge >= 0.3 is 0 Å². The summed E-state index contributed by atoms with van der Waals surface area (Å²) in [5.41, 5.74) is 0.864. The maximum Gasteiger partial charge on any atom is 0.253 e. The Morgan fingerprint density at radius 1 is 1.27 bits per heavy atom. The van der Waals surface area contributed by atoms with Gasteiger partial charge < -0.3 is 5.32 Å². The maximum atomic E-state index is 13.2. The molecule has 2 aromatic rings. The van der Waals surface area contributed by atoms with Gasteiger partial charge in [0.2, 0.25) is 11.8 Å². The molecule has 0 radical (unpaired) electrons. The molecule has 1 saturated heterocycles. The van der Waals surface area contributed by atoms with Crippen LogP contribution in [0.5, 0.6) is 0 Å². The third-order valence-corrected chi connectivity index (χ3v) is 8.32. The number of sulfonamides is 1. The number of carbonyl (C=O) groups is 3. The summed E-state index contributed by atoms with van der Waals surface area (Å²) in [6.07, 6.45) is 0.273. The molecule has 1 fully saturated rings. The second kappa shape index (κ2) is 8.66. The fraction of sp³-hybridized carbons (Fsp3) is 0.350. The van der Waals surface area contributed by atoms with Crippen LogP contribution in [0.4, 0.5) is 11.4 Å². The van der Waals surface area contributed by atoms with E-state index in [0.717, 1.165) is 16.2 Å². The summed E-state index contributed by atoms with van der Waals surface area (Å²) in [5, 5.41) is 4.28. The molecule has 1 aromatic heterocycles. The van der Waals surface area contributed by atoms with Gasteiger partial charge in [-0.15, -0.1) is 11.3 Å². The molecule has 0 saturated carbocycles. The molecule has 10 heteroatoms. The van der Waals surface area contributed by atoms with Gasteiger partial charge in [-0.05, 0) is 49.1 Å². The molecule has 1 aromatic carbocycles. The summed E-state index contributed by atoms with van der Waals surface area (Å²) in [4.78, 5) is 38.1. The van der Waals surface area contributed by atoms with E-state index in [9.17, 15) is 22.8 Å². The van der Waals surface area contributed by atoms with Crippen LogP contribution in [-0.2, 0) is 24.4 Å². The second-order valence-electron chi connectivity index (χ2n) is 7.04. The number of hydrogen-bond acceptors (Lipinski definition) is 6. The molecule has 2 unspecified atom stereocenters. The summed E-state index contributed by atoms with van der Waals surface area (Å²) in [6.45, 7) is 4.94. The summed E-state index contributed by atoms with van der Waals surface area (Å²) in [6, 6.07) is 7.83. The zero-order valence-electron chi connectivity index (χ0n) is 16.9. The van der Waals surface area contributed by atoms with Crippen LogP contribution in [0.2, 0.25) is 0 Å². The van der Waals surface area contributed by atoms with Crippen molar-refractivity contribution in [3.05, 3.63) is 41.8 Å². The van der Waals surface area contributed by atoms with Gasteiger partial charge in [0.25, 0.3) is 15.9 Å². The summed E-state index contributed by atoms with van der Waals surface area (Å²) in [5.74, 6) is -1.28. The molecule has 2 atom stereocenters. The highest BCUT2D eigenvalue weighted by Crippen LogP contribution is 2.33. The third-order valence-electron chi connectivity index (χ3n) is 4.93. The lowest BCUT2D eigenvalue weighted by atomic mass is 10.2. The second-order valence-corrected chi connectivity index (χ2v) is 10.1. The topological polar surface area (TPSA) is 104 Å². The van der Waals surface area contributed by atoms with Crippen LogP contribution in [0.3, 0.4) is 0 Å². The summed E-state index contributed by atoms with van der Waals surface area (Å²) >= 11 is 1.08. The monoisotopic (exact) mass is 449 g/mol. The van der Waals surface area contributed by atoms with Crippen LogP contribution in [0.1, 0.15) is 33.6 Å². The van der Waals surface area contributed by atoms with E-state index in [1.165, 1.54) is 17.3 Å². The average molecular weight is 450 g/mol. The zero-order chi connectivity index (χ0) is 22.1. The number of amides is 3. The van der Waals surface area contributed by atoms with Gasteiger partial charge in [0.1, 0.15) is 10.3 Å². The van der Waals surface area contributed by atoms with Crippen LogP contribution in [0.15, 0.2) is 46.0 Å². The lowest BCUT2D eigenvalue weighted by Gasteiger charge is -2.31. The number of imide groups is 1. The van der Waals surface area contributed by atoms with Crippen molar-refractivity contribution < 1.29 is 22.8 Å². The normalized spacial score (nSPS) is 18.1. The number of nitrogens with one attached hydrogen (secondary N) is 1. The first kappa shape index (κ1) is 22.1. The Labute approximate surface area is 179 Å². The largest absolute Gasteiger partial charge is 0.326 e. The Bertz CT molecular complexity index is 1050. The minimum absolute atomic E-state index is 0.140. The van der Waals surface area contributed by atoms with E-state index in [-0.39, 0.29) is 16.5 Å². The quantitative estimate of drug-likeness (QED) is 0.655. The van der Waals surface area contributed by atoms with Crippen molar-refractivity contribution in [1.82, 2.24) is 4.31 Å². The molecule has 2 heterocycles. The number of hydrogen-bond donors (Lipinski definition) is 1. The highest BCUT2D eigenvalue weighted by atomic mass is 32.2. The number of anilines is 2. The Hall–Kier alpha value is -2.56. The first-order valence-corrected chi connectivity index (χ1v) is 11.8. The number of carbonyl (C=O) groups excluding carboxylic acids is 3. The van der Waals surface area contributed by atoms with E-state index in [4.69, 9.17) is 0 Å². The van der Waals surface area contributed by atoms with Gasteiger partial charge in [-0.25, -0.2) is 13.3 Å². The lowest BCUT2D eigenvalue weighted by Crippen LogP contribution is -2.49. The minimum Gasteiger partial charge on any atom is -0.326 e. The van der Waals surface area contributed by atoms with Gasteiger partial charge in [-0.1, -0.05) is 13.0 Å². The third kappa shape index (κ3) is 4.16. The average Bonchev–Trinajstić information content (AvgIpc) is 3.32. The van der Waals surface area contributed by atoms with E-state index < -0.39 is 33.9 Å². The number of thiophene rings is 1. The van der Waals surface area contributed by atoms with Gasteiger partial charge in [-0.2, -0.15) is 4.31 Å². The fourth-order valence-corrected chi connectivity index (χ4v) is 6.33. The number of rotatable bonds is 7. The number of nitrogens with zero attached hydrogens (tertiary/aromatic N) is 2. The molecule has 160 valence electrons. The van der Waals surface area contributed by atoms with Gasteiger partial charge in [0, 0.05) is 18.7 Å². The predicted molar refractivity (Wildman–Crippen MR) is 115 cm³/mol. The van der Waals surface area contributed by atoms with Crippen LogP contribution >= 0.6 is 11.3 Å². The minimum atomic E-state index is -3.93. The highest BCUT2D eigenvalue weighted by molar-refractivity contribution is 7.91. The van der Waals surface area contributed by atoms with Gasteiger partial charge in [0.15, 0.2) is 0 Å².